The van der Waals surface area contributed by atoms with Gasteiger partial charge in [-0.05, 0) is 71.8 Å². The summed E-state index contributed by atoms with van der Waals surface area (Å²) in [6.07, 6.45) is 0.562. The van der Waals surface area contributed by atoms with Crippen LogP contribution in [0.3, 0.4) is 0 Å². The third-order valence-corrected chi connectivity index (χ3v) is 8.41. The molecule has 0 aromatic heterocycles. The van der Waals surface area contributed by atoms with Gasteiger partial charge in [0.1, 0.15) is 11.4 Å². The highest BCUT2D eigenvalue weighted by molar-refractivity contribution is 5.80. The average molecular weight is 559 g/mol. The molecule has 5 atom stereocenters. The summed E-state index contributed by atoms with van der Waals surface area (Å²) in [4.78, 5) is 39.3. The number of carbonyl (C=O) groups is 3. The second kappa shape index (κ2) is 9.95. The van der Waals surface area contributed by atoms with E-state index < -0.39 is 46.9 Å². The molecule has 5 rings (SSSR count). The predicted molar refractivity (Wildman–Crippen MR) is 142 cm³/mol. The molecule has 1 spiro atoms. The van der Waals surface area contributed by atoms with E-state index in [1.807, 2.05) is 19.2 Å². The lowest BCUT2D eigenvalue weighted by Gasteiger charge is -2.61. The van der Waals surface area contributed by atoms with Gasteiger partial charge in [-0.3, -0.25) is 4.79 Å². The Morgan fingerprint density at radius 3 is 2.73 bits per heavy atom. The molecular formula is C29H38N2O9. The summed E-state index contributed by atoms with van der Waals surface area (Å²) < 4.78 is 28.3. The first kappa shape index (κ1) is 28.2. The molecule has 1 aromatic carbocycles. The van der Waals surface area contributed by atoms with Gasteiger partial charge < -0.3 is 39.0 Å². The first-order chi connectivity index (χ1) is 18.8. The number of aliphatic hydroxyl groups is 1. The molecule has 1 saturated heterocycles. The molecule has 11 nitrogen and oxygen atoms in total. The molecule has 11 heteroatoms. The molecule has 218 valence electrons. The number of carbonyl (C=O) groups excluding carboxylic acids is 3. The molecule has 1 aromatic rings. The van der Waals surface area contributed by atoms with E-state index in [1.165, 1.54) is 6.92 Å². The number of rotatable bonds is 7. The molecule has 2 aliphatic carbocycles. The van der Waals surface area contributed by atoms with Crippen LogP contribution < -0.4 is 14.8 Å². The normalized spacial score (nSPS) is 28.8. The van der Waals surface area contributed by atoms with E-state index in [1.54, 1.807) is 34.0 Å². The Hall–Kier alpha value is -3.31. The van der Waals surface area contributed by atoms with Gasteiger partial charge in [-0.1, -0.05) is 6.07 Å². The number of nitrogens with zero attached hydrogens (tertiary/aromatic N) is 1. The number of benzene rings is 1. The Labute approximate surface area is 233 Å². The first-order valence-corrected chi connectivity index (χ1v) is 13.7. The minimum atomic E-state index is -1.20. The lowest BCUT2D eigenvalue weighted by atomic mass is 9.50. The Bertz CT molecular complexity index is 1250. The van der Waals surface area contributed by atoms with Crippen LogP contribution in [0.25, 0.3) is 0 Å². The number of hydrogen-bond acceptors (Lipinski definition) is 10. The molecule has 2 aliphatic heterocycles. The molecule has 4 aliphatic rings. The van der Waals surface area contributed by atoms with E-state index in [2.05, 4.69) is 10.2 Å². The number of likely N-dealkylation sites (N-methyl/N-ethyl adjacent to an activating group) is 1. The number of alkyl carbamates (subject to hydrolysis) is 1. The Balaban J connectivity index is 1.29. The molecule has 0 radical (unpaired) electrons. The van der Waals surface area contributed by atoms with Crippen molar-refractivity contribution >= 4 is 18.0 Å². The van der Waals surface area contributed by atoms with Gasteiger partial charge in [0.05, 0.1) is 24.5 Å². The summed E-state index contributed by atoms with van der Waals surface area (Å²) in [6, 6.07) is 3.78. The Morgan fingerprint density at radius 1 is 1.27 bits per heavy atom. The van der Waals surface area contributed by atoms with Gasteiger partial charge in [-0.15, -0.1) is 0 Å². The van der Waals surface area contributed by atoms with Crippen LogP contribution in [0.4, 0.5) is 4.79 Å². The summed E-state index contributed by atoms with van der Waals surface area (Å²) in [5.41, 5.74) is -0.560. The number of nitrogens with one attached hydrogen (secondary N) is 1. The summed E-state index contributed by atoms with van der Waals surface area (Å²) in [5, 5.41) is 14.7. The van der Waals surface area contributed by atoms with E-state index >= 15 is 0 Å². The molecule has 2 heterocycles. The maximum absolute atomic E-state index is 13.1. The summed E-state index contributed by atoms with van der Waals surface area (Å²) in [5.74, 6) is 0.00467. The fourth-order valence-corrected chi connectivity index (χ4v) is 6.67. The van der Waals surface area contributed by atoms with E-state index in [-0.39, 0.29) is 25.4 Å². The molecule has 2 bridgehead atoms. The fourth-order valence-electron chi connectivity index (χ4n) is 6.67. The van der Waals surface area contributed by atoms with Crippen molar-refractivity contribution in [3.63, 3.8) is 0 Å². The SMILES string of the molecule is COc1ccc2c3c1O[C@H]1C(OC(=O)[C@H](C)OC(=O)CCNC(=O)OC(C)(C)C)=CC[C@@]4(O)[C@@H](C2)N(C)CC[C@]314. The summed E-state index contributed by atoms with van der Waals surface area (Å²) >= 11 is 0. The lowest BCUT2D eigenvalue weighted by molar-refractivity contribution is -0.175. The lowest BCUT2D eigenvalue weighted by Crippen LogP contribution is -2.74. The third kappa shape index (κ3) is 4.49. The van der Waals surface area contributed by atoms with Crippen molar-refractivity contribution in [3.8, 4) is 11.5 Å². The largest absolute Gasteiger partial charge is 0.493 e. The molecule has 0 saturated carbocycles. The monoisotopic (exact) mass is 558 g/mol. The van der Waals surface area contributed by atoms with Crippen molar-refractivity contribution in [2.75, 3.05) is 27.2 Å². The van der Waals surface area contributed by atoms with Crippen molar-refractivity contribution < 1.29 is 43.2 Å². The smallest absolute Gasteiger partial charge is 0.407 e. The van der Waals surface area contributed by atoms with Crippen molar-refractivity contribution in [1.82, 2.24) is 10.2 Å². The van der Waals surface area contributed by atoms with E-state index in [4.69, 9.17) is 23.7 Å². The molecule has 1 amide bonds. The van der Waals surface area contributed by atoms with Crippen LogP contribution in [-0.2, 0) is 35.6 Å². The topological polar surface area (TPSA) is 133 Å². The number of hydrogen-bond donors (Lipinski definition) is 2. The van der Waals surface area contributed by atoms with Crippen molar-refractivity contribution in [3.05, 3.63) is 35.1 Å². The van der Waals surface area contributed by atoms with Crippen LogP contribution in [0.5, 0.6) is 11.5 Å². The van der Waals surface area contributed by atoms with E-state index in [0.717, 1.165) is 17.7 Å². The van der Waals surface area contributed by atoms with Gasteiger partial charge in [-0.2, -0.15) is 0 Å². The zero-order valence-electron chi connectivity index (χ0n) is 23.9. The Kier molecular flexibility index (Phi) is 7.02. The van der Waals surface area contributed by atoms with Gasteiger partial charge >= 0.3 is 18.0 Å². The molecule has 40 heavy (non-hydrogen) atoms. The van der Waals surface area contributed by atoms with Crippen LogP contribution in [0.2, 0.25) is 0 Å². The third-order valence-electron chi connectivity index (χ3n) is 8.41. The quantitative estimate of drug-likeness (QED) is 0.380. The second-order valence-corrected chi connectivity index (χ2v) is 12.0. The molecule has 1 fully saturated rings. The summed E-state index contributed by atoms with van der Waals surface area (Å²) in [7, 11) is 3.59. The van der Waals surface area contributed by atoms with Gasteiger partial charge in [-0.25, -0.2) is 9.59 Å². The van der Waals surface area contributed by atoms with Gasteiger partial charge in [0.25, 0.3) is 0 Å². The Morgan fingerprint density at radius 2 is 2.02 bits per heavy atom. The maximum Gasteiger partial charge on any atom is 0.407 e. The van der Waals surface area contributed by atoms with Gasteiger partial charge in [0.2, 0.25) is 0 Å². The first-order valence-electron chi connectivity index (χ1n) is 13.7. The van der Waals surface area contributed by atoms with Crippen molar-refractivity contribution in [1.29, 1.82) is 0 Å². The predicted octanol–water partition coefficient (Wildman–Crippen LogP) is 2.36. The number of esters is 2. The highest BCUT2D eigenvalue weighted by atomic mass is 16.6. The van der Waals surface area contributed by atoms with Crippen LogP contribution in [0.15, 0.2) is 24.0 Å². The van der Waals surface area contributed by atoms with E-state index in [0.29, 0.717) is 30.1 Å². The fraction of sp³-hybridized carbons (Fsp3) is 0.621. The van der Waals surface area contributed by atoms with E-state index in [9.17, 15) is 19.5 Å². The number of likely N-dealkylation sites (tertiary alicyclic amines) is 1. The minimum Gasteiger partial charge on any atom is -0.493 e. The number of amides is 1. The minimum absolute atomic E-state index is 0.00424. The van der Waals surface area contributed by atoms with Crippen LogP contribution in [0, 0.1) is 0 Å². The zero-order valence-corrected chi connectivity index (χ0v) is 23.9. The van der Waals surface area contributed by atoms with Crippen LogP contribution in [-0.4, -0.2) is 84.7 Å². The highest BCUT2D eigenvalue weighted by Crippen LogP contribution is 2.65. The highest BCUT2D eigenvalue weighted by Gasteiger charge is 2.72. The molecular weight excluding hydrogens is 520 g/mol. The number of piperidine rings is 1. The molecule has 2 N–H and O–H groups in total. The number of methoxy groups -OCH3 is 1. The molecule has 0 unspecified atom stereocenters. The maximum atomic E-state index is 13.1. The van der Waals surface area contributed by atoms with Crippen LogP contribution >= 0.6 is 0 Å². The van der Waals surface area contributed by atoms with Gasteiger partial charge in [0.15, 0.2) is 23.7 Å². The van der Waals surface area contributed by atoms with Crippen LogP contribution in [0.1, 0.15) is 58.1 Å². The second-order valence-electron chi connectivity index (χ2n) is 12.0. The van der Waals surface area contributed by atoms with Crippen molar-refractivity contribution in [2.45, 2.75) is 88.2 Å². The van der Waals surface area contributed by atoms with Crippen molar-refractivity contribution in [2.24, 2.45) is 0 Å². The average Bonchev–Trinajstić information content (AvgIpc) is 3.22. The summed E-state index contributed by atoms with van der Waals surface area (Å²) in [6.45, 7) is 7.38. The zero-order chi connectivity index (χ0) is 29.0. The number of ether oxygens (including phenoxy) is 5. The van der Waals surface area contributed by atoms with Gasteiger partial charge in [0, 0.05) is 24.6 Å². The standard InChI is InChI=1S/C29H38N2O9/c1-16(37-21(32)10-13-30-26(34)40-27(2,3)4)25(33)38-19-9-11-29(35)20-15-17-7-8-18(36-6)23-22(17)28(29,24(19)39-23)12-14-31(20)5/h7-9,16,20,24,35H,10-15H2,1-6H3,(H,30,34)/t16-,20+,24-,28-,29+/m0/s1.